The molecule has 8 nitrogen and oxygen atoms in total. The minimum atomic E-state index is -1.13. The summed E-state index contributed by atoms with van der Waals surface area (Å²) >= 11 is 6.12. The van der Waals surface area contributed by atoms with Gasteiger partial charge in [-0.25, -0.2) is 9.69 Å². The topological polar surface area (TPSA) is 105 Å². The van der Waals surface area contributed by atoms with E-state index in [-0.39, 0.29) is 24.7 Å². The first-order valence-electron chi connectivity index (χ1n) is 11.4. The van der Waals surface area contributed by atoms with Crippen LogP contribution in [0.25, 0.3) is 10.4 Å². The zero-order chi connectivity index (χ0) is 24.2. The van der Waals surface area contributed by atoms with Crippen molar-refractivity contribution in [1.29, 1.82) is 0 Å². The number of azide groups is 1. The van der Waals surface area contributed by atoms with Gasteiger partial charge in [0.15, 0.2) is 0 Å². The summed E-state index contributed by atoms with van der Waals surface area (Å²) in [4.78, 5) is 30.7. The fourth-order valence-corrected chi connectivity index (χ4v) is 5.33. The Morgan fingerprint density at radius 1 is 1.12 bits per heavy atom. The van der Waals surface area contributed by atoms with Gasteiger partial charge in [0.2, 0.25) is 5.91 Å². The monoisotopic (exact) mass is 482 g/mol. The van der Waals surface area contributed by atoms with Crippen LogP contribution in [-0.2, 0) is 14.3 Å². The van der Waals surface area contributed by atoms with Gasteiger partial charge >= 0.3 is 6.09 Å². The predicted molar refractivity (Wildman–Crippen MR) is 127 cm³/mol. The number of ether oxygens (including phenoxy) is 2. The number of rotatable bonds is 6. The van der Waals surface area contributed by atoms with E-state index in [2.05, 4.69) is 10.0 Å². The molecule has 2 aromatic rings. The molecule has 0 saturated carbocycles. The van der Waals surface area contributed by atoms with Crippen molar-refractivity contribution in [1.82, 2.24) is 4.90 Å². The Labute approximate surface area is 203 Å². The van der Waals surface area contributed by atoms with E-state index in [1.807, 2.05) is 56.3 Å². The molecule has 0 spiro atoms. The quantitative estimate of drug-likeness (QED) is 0.285. The number of carbonyl (C=O) groups is 2. The zero-order valence-corrected chi connectivity index (χ0v) is 19.8. The number of hydrogen-bond donors (Lipinski definition) is 0. The van der Waals surface area contributed by atoms with Crippen molar-refractivity contribution >= 4 is 23.6 Å². The van der Waals surface area contributed by atoms with E-state index in [9.17, 15) is 15.1 Å². The highest BCUT2D eigenvalue weighted by atomic mass is 35.5. The maximum Gasteiger partial charge on any atom is 0.417 e. The zero-order valence-electron chi connectivity index (χ0n) is 19.1. The van der Waals surface area contributed by atoms with Gasteiger partial charge in [0.05, 0.1) is 12.2 Å². The number of amides is 2. The number of hydrogen-bond acceptors (Lipinski definition) is 5. The highest BCUT2D eigenvalue weighted by molar-refractivity contribution is 6.30. The number of nitrogens with zero attached hydrogens (tertiary/aromatic N) is 4. The van der Waals surface area contributed by atoms with Crippen molar-refractivity contribution in [2.45, 2.75) is 56.9 Å². The summed E-state index contributed by atoms with van der Waals surface area (Å²) < 4.78 is 11.2. The molecule has 0 aromatic heterocycles. The molecule has 0 bridgehead atoms. The van der Waals surface area contributed by atoms with E-state index in [1.54, 1.807) is 12.1 Å². The molecule has 2 fully saturated rings. The SMILES string of the molecule is C[C@@H]1CC([C@H](c2ccc(Cl)cc2)[C@H](N=[N+]=[N-])C(=O)N2C(=O)OC[C@@H]2c2ccccc2)C[C@H](C)O1. The third kappa shape index (κ3) is 5.04. The molecule has 6 atom stereocenters. The maximum absolute atomic E-state index is 13.9. The minimum Gasteiger partial charge on any atom is -0.446 e. The van der Waals surface area contributed by atoms with Gasteiger partial charge in [-0.05, 0) is 61.4 Å². The summed E-state index contributed by atoms with van der Waals surface area (Å²) in [5.41, 5.74) is 11.0. The Balaban J connectivity index is 1.75. The van der Waals surface area contributed by atoms with Crippen LogP contribution < -0.4 is 0 Å². The van der Waals surface area contributed by atoms with E-state index >= 15 is 0 Å². The average molecular weight is 483 g/mol. The van der Waals surface area contributed by atoms with E-state index in [0.717, 1.165) is 16.0 Å². The van der Waals surface area contributed by atoms with Gasteiger partial charge in [0.1, 0.15) is 18.7 Å². The molecule has 2 aliphatic heterocycles. The Morgan fingerprint density at radius 3 is 2.38 bits per heavy atom. The highest BCUT2D eigenvalue weighted by Crippen LogP contribution is 2.42. The minimum absolute atomic E-state index is 0.00632. The first kappa shape index (κ1) is 24.1. The maximum atomic E-state index is 13.9. The van der Waals surface area contributed by atoms with Gasteiger partial charge in [-0.2, -0.15) is 0 Å². The molecule has 0 aliphatic carbocycles. The molecule has 0 radical (unpaired) electrons. The molecular weight excluding hydrogens is 456 g/mol. The summed E-state index contributed by atoms with van der Waals surface area (Å²) in [6.45, 7) is 4.04. The summed E-state index contributed by atoms with van der Waals surface area (Å²) in [6.07, 6.45) is 0.614. The molecule has 0 N–H and O–H groups in total. The fourth-order valence-electron chi connectivity index (χ4n) is 5.21. The van der Waals surface area contributed by atoms with Crippen LogP contribution in [0.15, 0.2) is 59.7 Å². The van der Waals surface area contributed by atoms with Gasteiger partial charge in [0.25, 0.3) is 0 Å². The second kappa shape index (κ2) is 10.5. The van der Waals surface area contributed by atoms with Crippen molar-refractivity contribution < 1.29 is 19.1 Å². The Morgan fingerprint density at radius 2 is 1.76 bits per heavy atom. The Kier molecular flexibility index (Phi) is 7.41. The number of imide groups is 1. The van der Waals surface area contributed by atoms with Gasteiger partial charge < -0.3 is 9.47 Å². The number of cyclic esters (lactones) is 1. The Bertz CT molecular complexity index is 1060. The summed E-state index contributed by atoms with van der Waals surface area (Å²) in [6, 6.07) is 14.7. The molecule has 2 saturated heterocycles. The van der Waals surface area contributed by atoms with Crippen LogP contribution in [0.5, 0.6) is 0 Å². The second-order valence-electron chi connectivity index (χ2n) is 8.93. The largest absolute Gasteiger partial charge is 0.446 e. The molecule has 2 heterocycles. The van der Waals surface area contributed by atoms with Crippen LogP contribution in [0.1, 0.15) is 49.8 Å². The lowest BCUT2D eigenvalue weighted by Gasteiger charge is -2.39. The lowest BCUT2D eigenvalue weighted by molar-refractivity contribution is -0.132. The molecule has 4 rings (SSSR count). The van der Waals surface area contributed by atoms with Gasteiger partial charge in [0, 0.05) is 15.9 Å². The third-order valence-electron chi connectivity index (χ3n) is 6.56. The first-order chi connectivity index (χ1) is 16.4. The van der Waals surface area contributed by atoms with Crippen molar-refractivity contribution in [3.05, 3.63) is 81.2 Å². The lowest BCUT2D eigenvalue weighted by atomic mass is 9.74. The average Bonchev–Trinajstić information content (AvgIpc) is 3.21. The smallest absolute Gasteiger partial charge is 0.417 e. The first-order valence-corrected chi connectivity index (χ1v) is 11.8. The standard InChI is InChI=1S/C25H27ClN4O4/c1-15-12-19(13-16(2)34-15)22(18-8-10-20(26)11-9-18)23(28-29-27)24(31)30-21(14-33-25(30)32)17-6-4-3-5-7-17/h3-11,15-16,19,21-23H,12-14H2,1-2H3/t15-,16+,19?,21-,22+,23+/m1/s1. The number of benzene rings is 2. The molecular formula is C25H27ClN4O4. The molecule has 1 unspecified atom stereocenters. The van der Waals surface area contributed by atoms with Gasteiger partial charge in [-0.15, -0.1) is 0 Å². The van der Waals surface area contributed by atoms with Crippen molar-refractivity contribution in [3.8, 4) is 0 Å². The molecule has 9 heteroatoms. The summed E-state index contributed by atoms with van der Waals surface area (Å²) in [5.74, 6) is -1.03. The van der Waals surface area contributed by atoms with Crippen LogP contribution in [-0.4, -0.2) is 41.8 Å². The molecule has 2 aromatic carbocycles. The van der Waals surface area contributed by atoms with E-state index < -0.39 is 30.0 Å². The van der Waals surface area contributed by atoms with Crippen molar-refractivity contribution in [2.75, 3.05) is 6.61 Å². The molecule has 34 heavy (non-hydrogen) atoms. The van der Waals surface area contributed by atoms with Gasteiger partial charge in [-0.3, -0.25) is 4.79 Å². The van der Waals surface area contributed by atoms with Crippen LogP contribution >= 0.6 is 11.6 Å². The van der Waals surface area contributed by atoms with Crippen LogP contribution in [0.2, 0.25) is 5.02 Å². The van der Waals surface area contributed by atoms with E-state index in [4.69, 9.17) is 21.1 Å². The van der Waals surface area contributed by atoms with E-state index in [0.29, 0.717) is 17.9 Å². The predicted octanol–water partition coefficient (Wildman–Crippen LogP) is 6.03. The fraction of sp³-hybridized carbons (Fsp3) is 0.440. The summed E-state index contributed by atoms with van der Waals surface area (Å²) in [5, 5.41) is 4.53. The molecule has 2 amide bonds. The van der Waals surface area contributed by atoms with Crippen molar-refractivity contribution in [2.24, 2.45) is 11.0 Å². The Hall–Kier alpha value is -3.06. The number of carbonyl (C=O) groups excluding carboxylic acids is 2. The van der Waals surface area contributed by atoms with E-state index in [1.165, 1.54) is 0 Å². The van der Waals surface area contributed by atoms with Gasteiger partial charge in [-0.1, -0.05) is 59.2 Å². The second-order valence-corrected chi connectivity index (χ2v) is 9.36. The number of halogens is 1. The molecule has 178 valence electrons. The van der Waals surface area contributed by atoms with Crippen molar-refractivity contribution in [3.63, 3.8) is 0 Å². The molecule has 2 aliphatic rings. The summed E-state index contributed by atoms with van der Waals surface area (Å²) in [7, 11) is 0. The lowest BCUT2D eigenvalue weighted by Crippen LogP contribution is -2.46. The van der Waals surface area contributed by atoms with Crippen LogP contribution in [0.4, 0.5) is 4.79 Å². The normalized spacial score (nSPS) is 26.3. The van der Waals surface area contributed by atoms with Crippen LogP contribution in [0.3, 0.4) is 0 Å². The van der Waals surface area contributed by atoms with Crippen LogP contribution in [0, 0.1) is 5.92 Å². The third-order valence-corrected chi connectivity index (χ3v) is 6.81. The highest BCUT2D eigenvalue weighted by Gasteiger charge is 2.46.